The number of aromatic amines is 2. The van der Waals surface area contributed by atoms with Gasteiger partial charge in [0.15, 0.2) is 0 Å². The van der Waals surface area contributed by atoms with Crippen LogP contribution in [-0.2, 0) is 11.4 Å². The first-order valence-corrected chi connectivity index (χ1v) is 12.6. The van der Waals surface area contributed by atoms with Crippen LogP contribution in [0, 0.1) is 17.6 Å². The largest absolute Gasteiger partial charge is 0.489 e. The highest BCUT2D eigenvalue weighted by Gasteiger charge is 2.40. The molecule has 1 unspecified atom stereocenters. The molecule has 4 aromatic rings. The van der Waals surface area contributed by atoms with E-state index in [-0.39, 0.29) is 29.7 Å². The quantitative estimate of drug-likeness (QED) is 0.276. The van der Waals surface area contributed by atoms with Gasteiger partial charge in [0.2, 0.25) is 10.7 Å². The summed E-state index contributed by atoms with van der Waals surface area (Å²) in [7, 11) is 1.62. The molecule has 190 valence electrons. The van der Waals surface area contributed by atoms with Crippen molar-refractivity contribution in [3.8, 4) is 5.75 Å². The molecule has 0 saturated heterocycles. The van der Waals surface area contributed by atoms with E-state index < -0.39 is 0 Å². The number of hydrogen-bond donors (Lipinski definition) is 4. The molecule has 4 N–H and O–H groups in total. The van der Waals surface area contributed by atoms with Crippen molar-refractivity contribution in [2.24, 2.45) is 5.92 Å². The molecule has 2 heterocycles. The lowest BCUT2D eigenvalue weighted by Crippen LogP contribution is -2.37. The Morgan fingerprint density at radius 1 is 1.08 bits per heavy atom. The van der Waals surface area contributed by atoms with Crippen LogP contribution in [0.25, 0.3) is 10.9 Å². The number of hydrogen-bond acceptors (Lipinski definition) is 6. The molecule has 2 amide bonds. The molecule has 3 atom stereocenters. The van der Waals surface area contributed by atoms with Crippen molar-refractivity contribution in [2.45, 2.75) is 38.3 Å². The number of H-pyrrole nitrogens is 2. The van der Waals surface area contributed by atoms with E-state index in [1.165, 1.54) is 0 Å². The molecular formula is C27H28N6O3S. The Kier molecular flexibility index (Phi) is 7.00. The van der Waals surface area contributed by atoms with Crippen LogP contribution in [0.2, 0.25) is 0 Å². The summed E-state index contributed by atoms with van der Waals surface area (Å²) in [5.74, 6) is 0.670. The molecule has 1 aliphatic carbocycles. The number of pyridine rings is 1. The highest BCUT2D eigenvalue weighted by Crippen LogP contribution is 2.37. The molecule has 10 heteroatoms. The Morgan fingerprint density at radius 2 is 1.86 bits per heavy atom. The van der Waals surface area contributed by atoms with Crippen LogP contribution in [0.4, 0.5) is 0 Å². The van der Waals surface area contributed by atoms with Gasteiger partial charge in [0, 0.05) is 47.1 Å². The topological polar surface area (TPSA) is 125 Å². The summed E-state index contributed by atoms with van der Waals surface area (Å²) in [4.78, 5) is 34.3. The SMILES string of the molecule is CNC(=O)C1C[C@H](c2nc(=S)[nH][nH]2)[C@H](NC(=O)c2ccc(OCc3cc(C)nc4ccccc34)cc2)C1. The molecule has 37 heavy (non-hydrogen) atoms. The number of carbonyl (C=O) groups excluding carboxylic acids is 2. The lowest BCUT2D eigenvalue weighted by Gasteiger charge is -2.19. The third kappa shape index (κ3) is 5.39. The summed E-state index contributed by atoms with van der Waals surface area (Å²) in [5, 5.41) is 12.6. The minimum Gasteiger partial charge on any atom is -0.489 e. The van der Waals surface area contributed by atoms with Crippen LogP contribution in [0.15, 0.2) is 54.6 Å². The Hall–Kier alpha value is -4.05. The second-order valence-corrected chi connectivity index (χ2v) is 9.66. The predicted octanol–water partition coefficient (Wildman–Crippen LogP) is 3.94. The molecule has 0 aliphatic heterocycles. The van der Waals surface area contributed by atoms with Gasteiger partial charge in [0.1, 0.15) is 18.2 Å². The zero-order valence-corrected chi connectivity index (χ0v) is 21.4. The Balaban J connectivity index is 1.26. The number of aromatic nitrogens is 4. The summed E-state index contributed by atoms with van der Waals surface area (Å²) in [6.45, 7) is 2.36. The summed E-state index contributed by atoms with van der Waals surface area (Å²) >= 11 is 5.09. The monoisotopic (exact) mass is 516 g/mol. The number of para-hydroxylation sites is 1. The zero-order valence-electron chi connectivity index (χ0n) is 20.6. The molecular weight excluding hydrogens is 488 g/mol. The molecule has 2 aromatic heterocycles. The number of fused-ring (bicyclic) bond motifs is 1. The van der Waals surface area contributed by atoms with Crippen molar-refractivity contribution in [3.05, 3.63) is 82.0 Å². The van der Waals surface area contributed by atoms with Gasteiger partial charge >= 0.3 is 0 Å². The van der Waals surface area contributed by atoms with E-state index >= 15 is 0 Å². The first-order chi connectivity index (χ1) is 17.9. The third-order valence-corrected chi connectivity index (χ3v) is 7.00. The summed E-state index contributed by atoms with van der Waals surface area (Å²) in [6, 6.07) is 16.8. The molecule has 9 nitrogen and oxygen atoms in total. The van der Waals surface area contributed by atoms with Crippen molar-refractivity contribution < 1.29 is 14.3 Å². The van der Waals surface area contributed by atoms with Gasteiger partial charge in [-0.15, -0.1) is 0 Å². The first-order valence-electron chi connectivity index (χ1n) is 12.2. The van der Waals surface area contributed by atoms with E-state index in [9.17, 15) is 9.59 Å². The summed E-state index contributed by atoms with van der Waals surface area (Å²) in [6.07, 6.45) is 1.08. The smallest absolute Gasteiger partial charge is 0.251 e. The minimum atomic E-state index is -0.261. The number of aryl methyl sites for hydroxylation is 1. The number of rotatable bonds is 7. The van der Waals surface area contributed by atoms with Crippen molar-refractivity contribution in [3.63, 3.8) is 0 Å². The molecule has 5 rings (SSSR count). The lowest BCUT2D eigenvalue weighted by molar-refractivity contribution is -0.124. The van der Waals surface area contributed by atoms with Gasteiger partial charge in [-0.05, 0) is 68.4 Å². The minimum absolute atomic E-state index is 0.0467. The maximum Gasteiger partial charge on any atom is 0.251 e. The molecule has 1 aliphatic rings. The van der Waals surface area contributed by atoms with E-state index in [1.807, 2.05) is 37.3 Å². The third-order valence-electron chi connectivity index (χ3n) is 6.81. The molecule has 1 fully saturated rings. The Labute approximate surface area is 219 Å². The number of benzene rings is 2. The highest BCUT2D eigenvalue weighted by molar-refractivity contribution is 7.71. The highest BCUT2D eigenvalue weighted by atomic mass is 32.1. The van der Waals surface area contributed by atoms with Crippen LogP contribution in [0.5, 0.6) is 5.75 Å². The number of carbonyl (C=O) groups is 2. The summed E-state index contributed by atoms with van der Waals surface area (Å²) in [5.41, 5.74) is 3.44. The number of nitrogens with zero attached hydrogens (tertiary/aromatic N) is 2. The average Bonchev–Trinajstić information content (AvgIpc) is 3.53. The van der Waals surface area contributed by atoms with E-state index in [0.717, 1.165) is 22.2 Å². The van der Waals surface area contributed by atoms with Gasteiger partial charge in [-0.1, -0.05) is 18.2 Å². The number of nitrogens with one attached hydrogen (secondary N) is 4. The van der Waals surface area contributed by atoms with Crippen molar-refractivity contribution in [1.29, 1.82) is 0 Å². The van der Waals surface area contributed by atoms with Gasteiger partial charge in [-0.3, -0.25) is 24.8 Å². The van der Waals surface area contributed by atoms with Crippen molar-refractivity contribution in [1.82, 2.24) is 30.8 Å². The van der Waals surface area contributed by atoms with E-state index in [2.05, 4.69) is 30.8 Å². The predicted molar refractivity (Wildman–Crippen MR) is 142 cm³/mol. The van der Waals surface area contributed by atoms with Crippen molar-refractivity contribution in [2.75, 3.05) is 7.05 Å². The average molecular weight is 517 g/mol. The van der Waals surface area contributed by atoms with Gasteiger partial charge in [0.25, 0.3) is 5.91 Å². The number of ether oxygens (including phenoxy) is 1. The molecule has 0 spiro atoms. The normalized spacial score (nSPS) is 19.0. The van der Waals surface area contributed by atoms with E-state index in [4.69, 9.17) is 17.0 Å². The fraction of sp³-hybridized carbons (Fsp3) is 0.296. The summed E-state index contributed by atoms with van der Waals surface area (Å²) < 4.78 is 6.37. The standard InChI is InChI=1S/C27H28N6O3S/c1-15-11-18(20-5-3-4-6-22(20)29-15)14-36-19-9-7-16(8-10-19)26(35)30-23-13-17(25(34)28-2)12-21(23)24-31-27(37)33-32-24/h3-11,17,21,23H,12-14H2,1-2H3,(H,28,34)(H,30,35)(H2,31,32,33,37)/t17?,21-,23+/m0/s1. The fourth-order valence-corrected chi connectivity index (χ4v) is 5.16. The molecule has 0 bridgehead atoms. The van der Waals surface area contributed by atoms with E-state index in [1.54, 1.807) is 31.3 Å². The van der Waals surface area contributed by atoms with Gasteiger partial charge in [-0.25, -0.2) is 4.98 Å². The maximum absolute atomic E-state index is 13.1. The Bertz CT molecular complexity index is 1500. The van der Waals surface area contributed by atoms with Gasteiger partial charge in [0.05, 0.1) is 5.52 Å². The van der Waals surface area contributed by atoms with Crippen LogP contribution in [0.1, 0.15) is 46.2 Å². The second kappa shape index (κ2) is 10.5. The van der Waals surface area contributed by atoms with Crippen LogP contribution >= 0.6 is 12.2 Å². The van der Waals surface area contributed by atoms with Gasteiger partial charge in [-0.2, -0.15) is 0 Å². The Morgan fingerprint density at radius 3 is 2.59 bits per heavy atom. The fourth-order valence-electron chi connectivity index (χ4n) is 5.01. The first kappa shape index (κ1) is 24.6. The molecule has 2 aromatic carbocycles. The second-order valence-electron chi connectivity index (χ2n) is 9.27. The van der Waals surface area contributed by atoms with Gasteiger partial charge < -0.3 is 15.4 Å². The lowest BCUT2D eigenvalue weighted by atomic mass is 10.0. The molecule has 0 radical (unpaired) electrons. The van der Waals surface area contributed by atoms with Crippen LogP contribution in [0.3, 0.4) is 0 Å². The van der Waals surface area contributed by atoms with Crippen LogP contribution in [-0.4, -0.2) is 45.1 Å². The van der Waals surface area contributed by atoms with E-state index in [0.29, 0.717) is 41.4 Å². The zero-order chi connectivity index (χ0) is 25.9. The van der Waals surface area contributed by atoms with Crippen LogP contribution < -0.4 is 15.4 Å². The molecule has 1 saturated carbocycles. The number of amides is 2. The van der Waals surface area contributed by atoms with Crippen molar-refractivity contribution >= 4 is 34.9 Å². The maximum atomic E-state index is 13.1.